The van der Waals surface area contributed by atoms with E-state index in [1.807, 2.05) is 36.1 Å². The third kappa shape index (κ3) is 4.05. The number of rotatable bonds is 5. The number of nitrogens with zero attached hydrogens (tertiary/aromatic N) is 1. The number of benzene rings is 2. The zero-order valence-corrected chi connectivity index (χ0v) is 15.8. The number of carbonyl (C=O) groups is 1. The van der Waals surface area contributed by atoms with Gasteiger partial charge in [0.15, 0.2) is 0 Å². The van der Waals surface area contributed by atoms with Crippen molar-refractivity contribution in [3.8, 4) is 11.5 Å². The molecule has 2 amide bonds. The number of amides is 2. The Hall–Kier alpha value is -2.40. The van der Waals surface area contributed by atoms with Crippen molar-refractivity contribution in [2.45, 2.75) is 25.8 Å². The predicted molar refractivity (Wildman–Crippen MR) is 103 cm³/mol. The minimum Gasteiger partial charge on any atom is -0.497 e. The van der Waals surface area contributed by atoms with E-state index in [0.717, 1.165) is 30.7 Å². The molecule has 0 spiro atoms. The molecule has 1 aliphatic heterocycles. The van der Waals surface area contributed by atoms with Crippen LogP contribution in [0.4, 0.5) is 10.5 Å². The van der Waals surface area contributed by atoms with Crippen LogP contribution < -0.4 is 14.8 Å². The molecule has 1 N–H and O–H groups in total. The van der Waals surface area contributed by atoms with Gasteiger partial charge in [0.1, 0.15) is 11.5 Å². The summed E-state index contributed by atoms with van der Waals surface area (Å²) < 4.78 is 10.6. The zero-order valence-electron chi connectivity index (χ0n) is 15.0. The first-order chi connectivity index (χ1) is 12.6. The molecule has 0 aromatic heterocycles. The standard InChI is InChI=1S/C20H23ClN2O3/c1-3-26-15-8-6-14(7-9-15)19-5-4-12-23(19)20(24)22-18-11-10-16(25-2)13-17(18)21/h6-11,13,19H,3-5,12H2,1-2H3,(H,22,24). The number of anilines is 1. The van der Waals surface area contributed by atoms with E-state index in [4.69, 9.17) is 21.1 Å². The number of halogens is 1. The van der Waals surface area contributed by atoms with Crippen LogP contribution in [0.3, 0.4) is 0 Å². The topological polar surface area (TPSA) is 50.8 Å². The van der Waals surface area contributed by atoms with Gasteiger partial charge in [-0.1, -0.05) is 23.7 Å². The van der Waals surface area contributed by atoms with Crippen molar-refractivity contribution >= 4 is 23.3 Å². The normalized spacial score (nSPS) is 16.4. The molecule has 0 bridgehead atoms. The molecule has 3 rings (SSSR count). The third-order valence-electron chi connectivity index (χ3n) is 4.51. The van der Waals surface area contributed by atoms with Gasteiger partial charge in [-0.3, -0.25) is 0 Å². The fraction of sp³-hybridized carbons (Fsp3) is 0.350. The number of likely N-dealkylation sites (tertiary alicyclic amines) is 1. The molecule has 138 valence electrons. The largest absolute Gasteiger partial charge is 0.497 e. The smallest absolute Gasteiger partial charge is 0.322 e. The van der Waals surface area contributed by atoms with Gasteiger partial charge in [0.05, 0.1) is 30.5 Å². The second kappa shape index (κ2) is 8.32. The van der Waals surface area contributed by atoms with Gasteiger partial charge in [0.25, 0.3) is 0 Å². The molecular weight excluding hydrogens is 352 g/mol. The first-order valence-electron chi connectivity index (χ1n) is 8.76. The molecule has 2 aromatic carbocycles. The summed E-state index contributed by atoms with van der Waals surface area (Å²) in [4.78, 5) is 14.6. The lowest BCUT2D eigenvalue weighted by molar-refractivity contribution is 0.207. The third-order valence-corrected chi connectivity index (χ3v) is 4.82. The van der Waals surface area contributed by atoms with Gasteiger partial charge in [-0.05, 0) is 49.6 Å². The summed E-state index contributed by atoms with van der Waals surface area (Å²) in [5, 5.41) is 3.36. The van der Waals surface area contributed by atoms with Crippen molar-refractivity contribution in [2.75, 3.05) is 25.6 Å². The molecule has 1 aliphatic rings. The van der Waals surface area contributed by atoms with Crippen molar-refractivity contribution in [1.29, 1.82) is 0 Å². The van der Waals surface area contributed by atoms with Gasteiger partial charge in [-0.25, -0.2) is 4.79 Å². The van der Waals surface area contributed by atoms with Crippen molar-refractivity contribution in [2.24, 2.45) is 0 Å². The molecule has 1 fully saturated rings. The highest BCUT2D eigenvalue weighted by molar-refractivity contribution is 6.33. The molecule has 1 heterocycles. The summed E-state index contributed by atoms with van der Waals surface area (Å²) in [6, 6.07) is 13.1. The minimum atomic E-state index is -0.145. The molecule has 1 atom stereocenters. The molecule has 1 saturated heterocycles. The number of methoxy groups -OCH3 is 1. The Bertz CT molecular complexity index is 764. The average molecular weight is 375 g/mol. The molecule has 1 unspecified atom stereocenters. The highest BCUT2D eigenvalue weighted by Gasteiger charge is 2.30. The van der Waals surface area contributed by atoms with Crippen LogP contribution in [0.1, 0.15) is 31.4 Å². The van der Waals surface area contributed by atoms with Gasteiger partial charge in [0.2, 0.25) is 0 Å². The van der Waals surface area contributed by atoms with Crippen molar-refractivity contribution in [1.82, 2.24) is 4.90 Å². The van der Waals surface area contributed by atoms with Crippen LogP contribution in [0.15, 0.2) is 42.5 Å². The van der Waals surface area contributed by atoms with Crippen LogP contribution in [0, 0.1) is 0 Å². The first-order valence-corrected chi connectivity index (χ1v) is 9.14. The van der Waals surface area contributed by atoms with Crippen LogP contribution in [0.25, 0.3) is 0 Å². The van der Waals surface area contributed by atoms with Crippen LogP contribution in [0.5, 0.6) is 11.5 Å². The molecule has 26 heavy (non-hydrogen) atoms. The Morgan fingerprint density at radius 1 is 1.23 bits per heavy atom. The number of hydrogen-bond acceptors (Lipinski definition) is 3. The predicted octanol–water partition coefficient (Wildman–Crippen LogP) is 5.12. The lowest BCUT2D eigenvalue weighted by Crippen LogP contribution is -2.34. The highest BCUT2D eigenvalue weighted by Crippen LogP contribution is 2.34. The van der Waals surface area contributed by atoms with E-state index >= 15 is 0 Å². The summed E-state index contributed by atoms with van der Waals surface area (Å²) in [7, 11) is 1.58. The lowest BCUT2D eigenvalue weighted by atomic mass is 10.0. The van der Waals surface area contributed by atoms with Crippen LogP contribution in [-0.4, -0.2) is 31.2 Å². The second-order valence-corrected chi connectivity index (χ2v) is 6.54. The number of urea groups is 1. The Morgan fingerprint density at radius 3 is 2.62 bits per heavy atom. The molecule has 0 saturated carbocycles. The maximum Gasteiger partial charge on any atom is 0.322 e. The lowest BCUT2D eigenvalue weighted by Gasteiger charge is -2.25. The summed E-state index contributed by atoms with van der Waals surface area (Å²) in [6.07, 6.45) is 1.92. The quantitative estimate of drug-likeness (QED) is 0.790. The Labute approximate surface area is 158 Å². The zero-order chi connectivity index (χ0) is 18.5. The molecule has 0 aliphatic carbocycles. The Kier molecular flexibility index (Phi) is 5.89. The van der Waals surface area contributed by atoms with Gasteiger partial charge in [-0.15, -0.1) is 0 Å². The van der Waals surface area contributed by atoms with Crippen LogP contribution >= 0.6 is 11.6 Å². The fourth-order valence-corrected chi connectivity index (χ4v) is 3.44. The molecular formula is C20H23ClN2O3. The first kappa shape index (κ1) is 18.4. The maximum atomic E-state index is 12.8. The van der Waals surface area contributed by atoms with E-state index in [-0.39, 0.29) is 12.1 Å². The molecule has 5 nitrogen and oxygen atoms in total. The van der Waals surface area contributed by atoms with E-state index in [1.54, 1.807) is 25.3 Å². The number of hydrogen-bond donors (Lipinski definition) is 1. The maximum absolute atomic E-state index is 12.8. The van der Waals surface area contributed by atoms with Gasteiger partial charge in [-0.2, -0.15) is 0 Å². The summed E-state index contributed by atoms with van der Waals surface area (Å²) in [5.74, 6) is 1.50. The van der Waals surface area contributed by atoms with E-state index in [1.165, 1.54) is 0 Å². The van der Waals surface area contributed by atoms with Crippen LogP contribution in [-0.2, 0) is 0 Å². The fourth-order valence-electron chi connectivity index (χ4n) is 3.22. The monoisotopic (exact) mass is 374 g/mol. The summed E-state index contributed by atoms with van der Waals surface area (Å²) >= 11 is 6.23. The van der Waals surface area contributed by atoms with Crippen LogP contribution in [0.2, 0.25) is 5.02 Å². The van der Waals surface area contributed by atoms with Crippen molar-refractivity contribution in [3.63, 3.8) is 0 Å². The highest BCUT2D eigenvalue weighted by atomic mass is 35.5. The van der Waals surface area contributed by atoms with E-state index in [9.17, 15) is 4.79 Å². The average Bonchev–Trinajstić information content (AvgIpc) is 3.14. The summed E-state index contributed by atoms with van der Waals surface area (Å²) in [6.45, 7) is 3.32. The van der Waals surface area contributed by atoms with E-state index in [0.29, 0.717) is 23.1 Å². The van der Waals surface area contributed by atoms with E-state index in [2.05, 4.69) is 5.32 Å². The number of ether oxygens (including phenoxy) is 2. The van der Waals surface area contributed by atoms with E-state index < -0.39 is 0 Å². The Balaban J connectivity index is 1.72. The minimum absolute atomic E-state index is 0.0581. The molecule has 0 radical (unpaired) electrons. The van der Waals surface area contributed by atoms with Crippen molar-refractivity contribution in [3.05, 3.63) is 53.1 Å². The summed E-state index contributed by atoms with van der Waals surface area (Å²) in [5.41, 5.74) is 1.69. The SMILES string of the molecule is CCOc1ccc(C2CCCN2C(=O)Nc2ccc(OC)cc2Cl)cc1. The number of carbonyl (C=O) groups excluding carboxylic acids is 1. The molecule has 2 aromatic rings. The van der Waals surface area contributed by atoms with Gasteiger partial charge >= 0.3 is 6.03 Å². The number of nitrogens with one attached hydrogen (secondary N) is 1. The Morgan fingerprint density at radius 2 is 1.96 bits per heavy atom. The second-order valence-electron chi connectivity index (χ2n) is 6.13. The molecule has 6 heteroatoms. The van der Waals surface area contributed by atoms with Crippen molar-refractivity contribution < 1.29 is 14.3 Å². The van der Waals surface area contributed by atoms with Gasteiger partial charge < -0.3 is 19.7 Å². The van der Waals surface area contributed by atoms with Gasteiger partial charge in [0, 0.05) is 12.6 Å².